The maximum atomic E-state index is 13.5. The number of hydrogen-bond acceptors (Lipinski definition) is 8. The van der Waals surface area contributed by atoms with Gasteiger partial charge in [-0.05, 0) is 24.2 Å². The summed E-state index contributed by atoms with van der Waals surface area (Å²) in [5, 5.41) is 13.6. The van der Waals surface area contributed by atoms with Crippen LogP contribution in [0.25, 0.3) is 0 Å². The number of carbonyl (C=O) groups excluding carboxylic acids is 1. The van der Waals surface area contributed by atoms with E-state index in [1.807, 2.05) is 11.8 Å². The Morgan fingerprint density at radius 2 is 2.12 bits per heavy atom. The molecule has 2 heterocycles. The first-order valence-electron chi connectivity index (χ1n) is 8.87. The molecular weight excluding hydrogens is 378 g/mol. The highest BCUT2D eigenvalue weighted by atomic mass is 32.2. The van der Waals surface area contributed by atoms with E-state index in [0.717, 1.165) is 43.4 Å². The number of hydrogen-bond donors (Lipinski definition) is 0. The Balaban J connectivity index is 2.24. The fourth-order valence-electron chi connectivity index (χ4n) is 2.78. The van der Waals surface area contributed by atoms with Gasteiger partial charge in [0.05, 0.1) is 12.7 Å². The maximum absolute atomic E-state index is 13.5. The van der Waals surface area contributed by atoms with Crippen molar-refractivity contribution in [3.05, 3.63) is 11.4 Å². The molecule has 1 aliphatic rings. The number of rotatable bonds is 9. The monoisotopic (exact) mass is 405 g/mol. The van der Waals surface area contributed by atoms with E-state index in [-0.39, 0.29) is 22.4 Å². The van der Waals surface area contributed by atoms with Crippen LogP contribution in [-0.4, -0.2) is 56.5 Å². The van der Waals surface area contributed by atoms with Crippen molar-refractivity contribution in [1.29, 1.82) is 0 Å². The predicted molar refractivity (Wildman–Crippen MR) is 101 cm³/mol. The molecule has 8 nitrogen and oxygen atoms in total. The molecule has 26 heavy (non-hydrogen) atoms. The minimum Gasteiger partial charge on any atom is -0.622 e. The van der Waals surface area contributed by atoms with Gasteiger partial charge in [-0.15, -0.1) is 0 Å². The highest BCUT2D eigenvalue weighted by Crippen LogP contribution is 2.36. The third kappa shape index (κ3) is 5.01. The number of nitrogens with zero attached hydrogens (tertiary/aromatic N) is 3. The van der Waals surface area contributed by atoms with Crippen LogP contribution in [0.2, 0.25) is 0 Å². The van der Waals surface area contributed by atoms with Gasteiger partial charge in [0.25, 0.3) is 11.4 Å². The zero-order valence-electron chi connectivity index (χ0n) is 15.5. The molecule has 1 aromatic heterocycles. The van der Waals surface area contributed by atoms with Crippen LogP contribution in [0.4, 0.5) is 5.13 Å². The van der Waals surface area contributed by atoms with E-state index in [1.165, 1.54) is 6.20 Å². The smallest absolute Gasteiger partial charge is 0.310 e. The zero-order chi connectivity index (χ0) is 19.4. The van der Waals surface area contributed by atoms with Crippen molar-refractivity contribution in [3.8, 4) is 0 Å². The molecule has 0 spiro atoms. The van der Waals surface area contributed by atoms with Crippen LogP contribution in [-0.2, 0) is 19.4 Å². The molecule has 2 atom stereocenters. The normalized spacial score (nSPS) is 24.1. The highest BCUT2D eigenvalue weighted by molar-refractivity contribution is 7.92. The molecule has 2 rings (SSSR count). The lowest BCUT2D eigenvalue weighted by Gasteiger charge is -2.38. The van der Waals surface area contributed by atoms with Gasteiger partial charge in [0, 0.05) is 19.2 Å². The van der Waals surface area contributed by atoms with Crippen molar-refractivity contribution < 1.29 is 17.9 Å². The van der Waals surface area contributed by atoms with Gasteiger partial charge in [-0.1, -0.05) is 26.7 Å². The Morgan fingerprint density at radius 1 is 1.42 bits per heavy atom. The van der Waals surface area contributed by atoms with Crippen molar-refractivity contribution >= 4 is 32.3 Å². The lowest BCUT2D eigenvalue weighted by Crippen LogP contribution is -2.50. The van der Waals surface area contributed by atoms with Crippen molar-refractivity contribution in [2.45, 2.75) is 56.4 Å². The van der Waals surface area contributed by atoms with E-state index < -0.39 is 26.7 Å². The quantitative estimate of drug-likeness (QED) is 0.353. The SMILES string of the molecule is CCCCC(=O)OC1CN(CCCC)C[N+]1([O-])c1ncc(S(C)(=O)=O)s1. The summed E-state index contributed by atoms with van der Waals surface area (Å²) in [6, 6.07) is 0. The van der Waals surface area contributed by atoms with E-state index in [2.05, 4.69) is 11.9 Å². The van der Waals surface area contributed by atoms with Gasteiger partial charge in [-0.25, -0.2) is 13.3 Å². The van der Waals surface area contributed by atoms with Crippen LogP contribution < -0.4 is 4.65 Å². The molecule has 1 aromatic rings. The number of thiazole rings is 1. The van der Waals surface area contributed by atoms with E-state index >= 15 is 0 Å². The van der Waals surface area contributed by atoms with Crippen LogP contribution >= 0.6 is 11.3 Å². The second-order valence-corrected chi connectivity index (χ2v) is 9.90. The van der Waals surface area contributed by atoms with Crippen LogP contribution in [0.15, 0.2) is 10.4 Å². The number of sulfone groups is 1. The molecule has 2 unspecified atom stereocenters. The fraction of sp³-hybridized carbons (Fsp3) is 0.750. The summed E-state index contributed by atoms with van der Waals surface area (Å²) in [5.74, 6) is -0.396. The van der Waals surface area contributed by atoms with E-state index in [4.69, 9.17) is 4.74 Å². The first kappa shape index (κ1) is 21.2. The fourth-order valence-corrected chi connectivity index (χ4v) is 4.57. The summed E-state index contributed by atoms with van der Waals surface area (Å²) in [6.07, 6.45) is 5.14. The van der Waals surface area contributed by atoms with Gasteiger partial charge in [-0.3, -0.25) is 9.44 Å². The van der Waals surface area contributed by atoms with Crippen LogP contribution in [0.1, 0.15) is 46.0 Å². The number of hydroxylamine groups is 2. The molecule has 0 aliphatic carbocycles. The van der Waals surface area contributed by atoms with Crippen molar-refractivity contribution in [3.63, 3.8) is 0 Å². The molecule has 1 fully saturated rings. The lowest BCUT2D eigenvalue weighted by atomic mass is 10.2. The second kappa shape index (κ2) is 8.75. The summed E-state index contributed by atoms with van der Waals surface area (Å²) < 4.78 is 28.0. The Bertz CT molecular complexity index is 721. The molecule has 0 bridgehead atoms. The van der Waals surface area contributed by atoms with Gasteiger partial charge < -0.3 is 9.94 Å². The maximum Gasteiger partial charge on any atom is 0.310 e. The van der Waals surface area contributed by atoms with E-state index in [0.29, 0.717) is 13.0 Å². The standard InChI is InChI=1S/C16H27N3O5S2/c1-4-6-8-14(20)24-13-11-18(9-7-5-2)12-19(13,21)16-17-10-15(25-16)26(3,22)23/h10,13H,4-9,11-12H2,1-3H3. The average Bonchev–Trinajstić information content (AvgIpc) is 3.17. The average molecular weight is 406 g/mol. The minimum atomic E-state index is -3.43. The largest absolute Gasteiger partial charge is 0.622 e. The summed E-state index contributed by atoms with van der Waals surface area (Å²) in [6.45, 7) is 5.20. The minimum absolute atomic E-state index is 0.0453. The molecule has 0 amide bonds. The topological polar surface area (TPSA) is 99.6 Å². The number of aromatic nitrogens is 1. The number of ether oxygens (including phenoxy) is 1. The van der Waals surface area contributed by atoms with Crippen molar-refractivity contribution in [2.24, 2.45) is 0 Å². The first-order valence-corrected chi connectivity index (χ1v) is 11.6. The van der Waals surface area contributed by atoms with Crippen molar-refractivity contribution in [2.75, 3.05) is 26.0 Å². The Hall–Kier alpha value is -1.07. The van der Waals surface area contributed by atoms with Gasteiger partial charge in [0.1, 0.15) is 10.9 Å². The highest BCUT2D eigenvalue weighted by Gasteiger charge is 2.46. The van der Waals surface area contributed by atoms with Crippen molar-refractivity contribution in [1.82, 2.24) is 14.5 Å². The summed E-state index contributed by atoms with van der Waals surface area (Å²) in [5.41, 5.74) is 0. The van der Waals surface area contributed by atoms with Gasteiger partial charge in [0.15, 0.2) is 9.84 Å². The number of esters is 1. The second-order valence-electron chi connectivity index (χ2n) is 6.65. The van der Waals surface area contributed by atoms with Gasteiger partial charge >= 0.3 is 5.97 Å². The summed E-state index contributed by atoms with van der Waals surface area (Å²) in [7, 11) is -3.43. The third-order valence-corrected chi connectivity index (χ3v) is 7.18. The number of unbranched alkanes of at least 4 members (excludes halogenated alkanes) is 2. The first-order chi connectivity index (χ1) is 12.2. The molecule has 0 N–H and O–H groups in total. The Labute approximate surface area is 158 Å². The molecule has 10 heteroatoms. The molecule has 1 saturated heterocycles. The molecule has 0 aromatic carbocycles. The number of carbonyl (C=O) groups is 1. The molecular formula is C16H27N3O5S2. The van der Waals surface area contributed by atoms with Gasteiger partial charge in [0.2, 0.25) is 0 Å². The lowest BCUT2D eigenvalue weighted by molar-refractivity contribution is -0.153. The Kier molecular flexibility index (Phi) is 7.14. The molecule has 0 radical (unpaired) electrons. The van der Waals surface area contributed by atoms with Crippen LogP contribution in [0.5, 0.6) is 0 Å². The summed E-state index contributed by atoms with van der Waals surface area (Å²) in [4.78, 5) is 18.1. The molecule has 1 aliphatic heterocycles. The van der Waals surface area contributed by atoms with E-state index in [1.54, 1.807) is 0 Å². The van der Waals surface area contributed by atoms with Crippen LogP contribution in [0, 0.1) is 5.21 Å². The predicted octanol–water partition coefficient (Wildman–Crippen LogP) is 2.48. The molecule has 0 saturated carbocycles. The number of quaternary nitrogens is 1. The zero-order valence-corrected chi connectivity index (χ0v) is 17.1. The van der Waals surface area contributed by atoms with Gasteiger partial charge in [-0.2, -0.15) is 4.98 Å². The van der Waals surface area contributed by atoms with E-state index in [9.17, 15) is 18.4 Å². The third-order valence-electron chi connectivity index (χ3n) is 4.28. The Morgan fingerprint density at radius 3 is 2.69 bits per heavy atom. The van der Waals surface area contributed by atoms with Crippen LogP contribution in [0.3, 0.4) is 0 Å². The summed E-state index contributed by atoms with van der Waals surface area (Å²) >= 11 is 0.853. The molecule has 148 valence electrons.